The van der Waals surface area contributed by atoms with E-state index in [1.165, 1.54) is 23.9 Å². The molecule has 1 N–H and O–H groups in total. The molecule has 3 heterocycles. The van der Waals surface area contributed by atoms with E-state index in [4.69, 9.17) is 5.26 Å². The van der Waals surface area contributed by atoms with Crippen LogP contribution in [0.15, 0.2) is 66.9 Å². The van der Waals surface area contributed by atoms with Gasteiger partial charge in [-0.1, -0.05) is 24.3 Å². The average molecular weight is 540 g/mol. The lowest BCUT2D eigenvalue weighted by molar-refractivity contribution is 0.0689. The molecule has 206 valence electrons. The summed E-state index contributed by atoms with van der Waals surface area (Å²) in [5.74, 6) is -0.0269. The molecule has 0 aliphatic carbocycles. The summed E-state index contributed by atoms with van der Waals surface area (Å²) in [6, 6.07) is 19.9. The smallest absolute Gasteiger partial charge is 0.270 e. The van der Waals surface area contributed by atoms with Crippen LogP contribution in [-0.2, 0) is 13.0 Å². The molecule has 0 spiro atoms. The highest BCUT2D eigenvalue weighted by molar-refractivity contribution is 5.96. The molecular formula is C32H34FN5O2. The van der Waals surface area contributed by atoms with Gasteiger partial charge in [0.1, 0.15) is 11.5 Å². The van der Waals surface area contributed by atoms with Crippen molar-refractivity contribution in [3.8, 4) is 6.07 Å². The Morgan fingerprint density at radius 2 is 1.57 bits per heavy atom. The van der Waals surface area contributed by atoms with E-state index in [0.717, 1.165) is 57.3 Å². The Balaban J connectivity index is 1.05. The number of halogens is 1. The Hall–Kier alpha value is -4.09. The summed E-state index contributed by atoms with van der Waals surface area (Å²) in [6.45, 7) is 3.95. The van der Waals surface area contributed by atoms with Crippen molar-refractivity contribution in [2.45, 2.75) is 44.7 Å². The zero-order valence-corrected chi connectivity index (χ0v) is 22.6. The summed E-state index contributed by atoms with van der Waals surface area (Å²) in [6.07, 6.45) is 5.92. The summed E-state index contributed by atoms with van der Waals surface area (Å²) in [5, 5.41) is 12.0. The molecule has 0 radical (unpaired) electrons. The number of carbonyl (C=O) groups is 2. The Morgan fingerprint density at radius 1 is 0.900 bits per heavy atom. The zero-order valence-electron chi connectivity index (χ0n) is 22.6. The fraction of sp³-hybridized carbons (Fsp3) is 0.375. The molecule has 40 heavy (non-hydrogen) atoms. The van der Waals surface area contributed by atoms with E-state index < -0.39 is 0 Å². The van der Waals surface area contributed by atoms with Crippen molar-refractivity contribution in [2.24, 2.45) is 5.92 Å². The van der Waals surface area contributed by atoms with Crippen molar-refractivity contribution in [3.63, 3.8) is 0 Å². The molecule has 0 bridgehead atoms. The lowest BCUT2D eigenvalue weighted by Crippen LogP contribution is -2.44. The Labute approximate surface area is 234 Å². The molecule has 0 atom stereocenters. The van der Waals surface area contributed by atoms with Crippen LogP contribution in [0.25, 0.3) is 0 Å². The van der Waals surface area contributed by atoms with Crippen LogP contribution in [0.3, 0.4) is 0 Å². The van der Waals surface area contributed by atoms with Crippen LogP contribution < -0.4 is 5.32 Å². The minimum Gasteiger partial charge on any atom is -0.348 e. The van der Waals surface area contributed by atoms with Gasteiger partial charge in [0.25, 0.3) is 11.8 Å². The van der Waals surface area contributed by atoms with Crippen LogP contribution >= 0.6 is 0 Å². The van der Waals surface area contributed by atoms with Gasteiger partial charge in [-0.05, 0) is 85.5 Å². The highest BCUT2D eigenvalue weighted by atomic mass is 19.1. The van der Waals surface area contributed by atoms with E-state index in [0.29, 0.717) is 35.8 Å². The second kappa shape index (κ2) is 12.8. The molecule has 2 aliphatic heterocycles. The number of aromatic nitrogens is 1. The number of hydrogen-bond donors (Lipinski definition) is 1. The number of nitriles is 1. The predicted molar refractivity (Wildman–Crippen MR) is 150 cm³/mol. The van der Waals surface area contributed by atoms with Gasteiger partial charge < -0.3 is 10.2 Å². The van der Waals surface area contributed by atoms with Gasteiger partial charge in [-0.3, -0.25) is 19.5 Å². The molecule has 1 aromatic heterocycles. The van der Waals surface area contributed by atoms with E-state index in [2.05, 4.69) is 21.3 Å². The first-order valence-electron chi connectivity index (χ1n) is 14.0. The van der Waals surface area contributed by atoms with Crippen LogP contribution in [0, 0.1) is 23.1 Å². The van der Waals surface area contributed by atoms with Gasteiger partial charge in [-0.15, -0.1) is 0 Å². The second-order valence-corrected chi connectivity index (χ2v) is 10.8. The van der Waals surface area contributed by atoms with E-state index >= 15 is 0 Å². The van der Waals surface area contributed by atoms with Gasteiger partial charge in [-0.2, -0.15) is 5.26 Å². The quantitative estimate of drug-likeness (QED) is 0.475. The third-order valence-corrected chi connectivity index (χ3v) is 7.99. The molecule has 2 saturated heterocycles. The van der Waals surface area contributed by atoms with Crippen molar-refractivity contribution in [2.75, 3.05) is 26.2 Å². The standard InChI is InChI=1S/C32H34FN5O2/c33-28-8-5-23(6-9-28)19-24-11-17-38(18-12-24)32(40)27-7-10-30(35-21-27)31(39)36-29-13-15-37(16-14-29)22-26-3-1-25(20-34)2-4-26/h1-10,21,24,29H,11-19,22H2,(H,36,39). The summed E-state index contributed by atoms with van der Waals surface area (Å²) in [7, 11) is 0. The van der Waals surface area contributed by atoms with Gasteiger partial charge in [0.15, 0.2) is 0 Å². The number of hydrogen-bond acceptors (Lipinski definition) is 5. The Kier molecular flexibility index (Phi) is 8.82. The number of piperidine rings is 2. The highest BCUT2D eigenvalue weighted by Gasteiger charge is 2.25. The van der Waals surface area contributed by atoms with E-state index in [1.54, 1.807) is 12.1 Å². The molecule has 7 nitrogen and oxygen atoms in total. The second-order valence-electron chi connectivity index (χ2n) is 10.8. The highest BCUT2D eigenvalue weighted by Crippen LogP contribution is 2.23. The first-order chi connectivity index (χ1) is 19.5. The van der Waals surface area contributed by atoms with Gasteiger partial charge in [0.05, 0.1) is 17.2 Å². The molecule has 0 unspecified atom stereocenters. The lowest BCUT2D eigenvalue weighted by atomic mass is 9.90. The summed E-state index contributed by atoms with van der Waals surface area (Å²) >= 11 is 0. The van der Waals surface area contributed by atoms with Crippen molar-refractivity contribution >= 4 is 11.8 Å². The van der Waals surface area contributed by atoms with Crippen LogP contribution in [-0.4, -0.2) is 58.8 Å². The molecule has 2 aromatic carbocycles. The van der Waals surface area contributed by atoms with Gasteiger partial charge in [-0.25, -0.2) is 4.39 Å². The van der Waals surface area contributed by atoms with Gasteiger partial charge in [0.2, 0.25) is 0 Å². The van der Waals surface area contributed by atoms with Crippen molar-refractivity contribution < 1.29 is 14.0 Å². The van der Waals surface area contributed by atoms with Gasteiger partial charge >= 0.3 is 0 Å². The largest absolute Gasteiger partial charge is 0.348 e. The number of nitrogens with one attached hydrogen (secondary N) is 1. The van der Waals surface area contributed by atoms with Crippen LogP contribution in [0.2, 0.25) is 0 Å². The number of amides is 2. The number of pyridine rings is 1. The maximum absolute atomic E-state index is 13.2. The molecule has 0 saturated carbocycles. The fourth-order valence-electron chi connectivity index (χ4n) is 5.57. The van der Waals surface area contributed by atoms with E-state index in [9.17, 15) is 14.0 Å². The number of likely N-dealkylation sites (tertiary alicyclic amines) is 2. The molecule has 3 aromatic rings. The monoisotopic (exact) mass is 539 g/mol. The van der Waals surface area contributed by atoms with E-state index in [-0.39, 0.29) is 23.7 Å². The number of nitrogens with zero attached hydrogens (tertiary/aromatic N) is 4. The molecule has 2 fully saturated rings. The molecule has 5 rings (SSSR count). The first-order valence-corrected chi connectivity index (χ1v) is 14.0. The maximum atomic E-state index is 13.2. The zero-order chi connectivity index (χ0) is 27.9. The minimum absolute atomic E-state index is 0.0608. The summed E-state index contributed by atoms with van der Waals surface area (Å²) in [4.78, 5) is 34.3. The van der Waals surface area contributed by atoms with Crippen LogP contribution in [0.4, 0.5) is 4.39 Å². The predicted octanol–water partition coefficient (Wildman–Crippen LogP) is 4.58. The average Bonchev–Trinajstić information content (AvgIpc) is 3.00. The summed E-state index contributed by atoms with van der Waals surface area (Å²) in [5.41, 5.74) is 3.77. The maximum Gasteiger partial charge on any atom is 0.270 e. The first kappa shape index (κ1) is 27.5. The number of carbonyl (C=O) groups excluding carboxylic acids is 2. The number of benzene rings is 2. The van der Waals surface area contributed by atoms with Crippen molar-refractivity contribution in [1.82, 2.24) is 20.1 Å². The third kappa shape index (κ3) is 7.10. The van der Waals surface area contributed by atoms with Crippen molar-refractivity contribution in [1.29, 1.82) is 5.26 Å². The summed E-state index contributed by atoms with van der Waals surface area (Å²) < 4.78 is 13.2. The minimum atomic E-state index is -0.223. The molecular weight excluding hydrogens is 505 g/mol. The SMILES string of the molecule is N#Cc1ccc(CN2CCC(NC(=O)c3ccc(C(=O)N4CCC(Cc5ccc(F)cc5)CC4)cn3)CC2)cc1. The third-order valence-electron chi connectivity index (χ3n) is 7.99. The van der Waals surface area contributed by atoms with Gasteiger partial charge in [0, 0.05) is 45.0 Å². The molecule has 8 heteroatoms. The van der Waals surface area contributed by atoms with Crippen molar-refractivity contribution in [3.05, 3.63) is 101 Å². The fourth-order valence-corrected chi connectivity index (χ4v) is 5.57. The molecule has 2 aliphatic rings. The normalized spacial score (nSPS) is 16.9. The lowest BCUT2D eigenvalue weighted by Gasteiger charge is -2.32. The molecule has 2 amide bonds. The Morgan fingerprint density at radius 3 is 2.20 bits per heavy atom. The number of rotatable bonds is 7. The van der Waals surface area contributed by atoms with Crippen LogP contribution in [0.5, 0.6) is 0 Å². The van der Waals surface area contributed by atoms with Crippen LogP contribution in [0.1, 0.15) is 63.2 Å². The topological polar surface area (TPSA) is 89.3 Å². The van der Waals surface area contributed by atoms with E-state index in [1.807, 2.05) is 41.3 Å². The Bertz CT molecular complexity index is 1340.